The first kappa shape index (κ1) is 24.0. The maximum atomic E-state index is 13.3. The highest BCUT2D eigenvalue weighted by molar-refractivity contribution is 6.06. The lowest BCUT2D eigenvalue weighted by atomic mass is 10.1. The van der Waals surface area contributed by atoms with E-state index in [0.29, 0.717) is 13.0 Å². The standard InChI is InChI=1S/C29H28N4O4/c1-3-33-18-20(22-7-4-5-8-26(22)33)15-25(32-29(35)27-9-6-14-37-27)28(34)30-13-12-19-17-31-24-11-10-21(36-2)16-23(19)24/h4-11,14-18,31H,3,12-13H2,1-2H3,(H,30,34)(H,32,35)/b25-15-. The SMILES string of the molecule is CCn1cc(/C=C(\NC(=O)c2ccco2)C(=O)NCCc2c[nH]c3ccc(OC)cc23)c2ccccc21. The van der Waals surface area contributed by atoms with Crippen LogP contribution >= 0.6 is 0 Å². The molecule has 2 amide bonds. The highest BCUT2D eigenvalue weighted by atomic mass is 16.5. The van der Waals surface area contributed by atoms with E-state index in [2.05, 4.69) is 27.1 Å². The molecule has 0 bridgehead atoms. The van der Waals surface area contributed by atoms with Gasteiger partial charge >= 0.3 is 0 Å². The molecule has 8 nitrogen and oxygen atoms in total. The minimum Gasteiger partial charge on any atom is -0.497 e. The van der Waals surface area contributed by atoms with Crippen molar-refractivity contribution in [3.8, 4) is 5.75 Å². The van der Waals surface area contributed by atoms with Crippen molar-refractivity contribution in [1.29, 1.82) is 0 Å². The quantitative estimate of drug-likeness (QED) is 0.253. The summed E-state index contributed by atoms with van der Waals surface area (Å²) in [5.74, 6) is 0.0249. The molecular weight excluding hydrogens is 468 g/mol. The number of nitrogens with zero attached hydrogens (tertiary/aromatic N) is 1. The molecule has 0 unspecified atom stereocenters. The molecule has 0 fully saturated rings. The summed E-state index contributed by atoms with van der Waals surface area (Å²) in [5.41, 5.74) is 4.10. The molecule has 0 aliphatic carbocycles. The lowest BCUT2D eigenvalue weighted by Crippen LogP contribution is -2.35. The van der Waals surface area contributed by atoms with Gasteiger partial charge in [0.25, 0.3) is 11.8 Å². The molecule has 0 aliphatic rings. The van der Waals surface area contributed by atoms with Gasteiger partial charge in [-0.2, -0.15) is 0 Å². The number of methoxy groups -OCH3 is 1. The molecule has 3 heterocycles. The monoisotopic (exact) mass is 496 g/mol. The molecule has 0 spiro atoms. The van der Waals surface area contributed by atoms with Gasteiger partial charge in [-0.1, -0.05) is 18.2 Å². The molecule has 3 aromatic heterocycles. The van der Waals surface area contributed by atoms with Crippen molar-refractivity contribution in [3.63, 3.8) is 0 Å². The zero-order valence-corrected chi connectivity index (χ0v) is 20.7. The summed E-state index contributed by atoms with van der Waals surface area (Å²) in [6, 6.07) is 17.0. The van der Waals surface area contributed by atoms with E-state index in [1.807, 2.05) is 54.9 Å². The van der Waals surface area contributed by atoms with Crippen LogP contribution in [-0.2, 0) is 17.8 Å². The molecule has 37 heavy (non-hydrogen) atoms. The number of furan rings is 1. The Hall–Kier alpha value is -4.72. The Morgan fingerprint density at radius 3 is 2.76 bits per heavy atom. The Morgan fingerprint density at radius 2 is 1.97 bits per heavy atom. The molecule has 0 saturated carbocycles. The third-order valence-electron chi connectivity index (χ3n) is 6.35. The van der Waals surface area contributed by atoms with Crippen LogP contribution in [0.4, 0.5) is 0 Å². The van der Waals surface area contributed by atoms with Gasteiger partial charge in [0.1, 0.15) is 11.4 Å². The Bertz CT molecular complexity index is 1590. The summed E-state index contributed by atoms with van der Waals surface area (Å²) in [4.78, 5) is 29.3. The lowest BCUT2D eigenvalue weighted by Gasteiger charge is -2.10. The number of aryl methyl sites for hydroxylation is 1. The van der Waals surface area contributed by atoms with Gasteiger partial charge in [-0.05, 0) is 61.4 Å². The first-order chi connectivity index (χ1) is 18.1. The van der Waals surface area contributed by atoms with Crippen molar-refractivity contribution in [2.24, 2.45) is 0 Å². The van der Waals surface area contributed by atoms with E-state index in [4.69, 9.17) is 9.15 Å². The second kappa shape index (κ2) is 10.5. The van der Waals surface area contributed by atoms with Crippen LogP contribution < -0.4 is 15.4 Å². The van der Waals surface area contributed by atoms with Crippen LogP contribution in [0.2, 0.25) is 0 Å². The van der Waals surface area contributed by atoms with Crippen molar-refractivity contribution in [1.82, 2.24) is 20.2 Å². The van der Waals surface area contributed by atoms with Crippen molar-refractivity contribution in [2.45, 2.75) is 19.9 Å². The Kier molecular flexibility index (Phi) is 6.81. The summed E-state index contributed by atoms with van der Waals surface area (Å²) < 4.78 is 12.7. The van der Waals surface area contributed by atoms with Crippen LogP contribution in [0.15, 0.2) is 83.4 Å². The summed E-state index contributed by atoms with van der Waals surface area (Å²) in [6.07, 6.45) is 7.65. The van der Waals surface area contributed by atoms with Gasteiger partial charge in [-0.15, -0.1) is 0 Å². The average molecular weight is 497 g/mol. The van der Waals surface area contributed by atoms with Crippen molar-refractivity contribution >= 4 is 39.7 Å². The van der Waals surface area contributed by atoms with Crippen LogP contribution in [0.25, 0.3) is 27.9 Å². The normalized spacial score (nSPS) is 11.7. The number of H-pyrrole nitrogens is 1. The summed E-state index contributed by atoms with van der Waals surface area (Å²) in [6.45, 7) is 3.23. The van der Waals surface area contributed by atoms with Gasteiger partial charge in [0.2, 0.25) is 0 Å². The minimum atomic E-state index is -0.491. The van der Waals surface area contributed by atoms with E-state index < -0.39 is 5.91 Å². The van der Waals surface area contributed by atoms with Crippen LogP contribution in [0, 0.1) is 0 Å². The number of carbonyl (C=O) groups is 2. The molecule has 0 radical (unpaired) electrons. The molecule has 5 aromatic rings. The number of fused-ring (bicyclic) bond motifs is 2. The molecular formula is C29H28N4O4. The number of ether oxygens (including phenoxy) is 1. The van der Waals surface area contributed by atoms with Crippen molar-refractivity contribution in [3.05, 3.63) is 95.8 Å². The topological polar surface area (TPSA) is 101 Å². The zero-order chi connectivity index (χ0) is 25.8. The molecule has 0 saturated heterocycles. The van der Waals surface area contributed by atoms with Gasteiger partial charge < -0.3 is 29.3 Å². The molecule has 2 aromatic carbocycles. The van der Waals surface area contributed by atoms with Gasteiger partial charge in [-0.3, -0.25) is 9.59 Å². The molecule has 0 aliphatic heterocycles. The smallest absolute Gasteiger partial charge is 0.291 e. The number of aromatic nitrogens is 2. The largest absolute Gasteiger partial charge is 0.497 e. The van der Waals surface area contributed by atoms with Gasteiger partial charge in [0.05, 0.1) is 13.4 Å². The van der Waals surface area contributed by atoms with E-state index in [1.165, 1.54) is 6.26 Å². The van der Waals surface area contributed by atoms with Crippen molar-refractivity contribution in [2.75, 3.05) is 13.7 Å². The Labute approximate surface area is 213 Å². The number of carbonyl (C=O) groups excluding carboxylic acids is 2. The van der Waals surface area contributed by atoms with E-state index in [-0.39, 0.29) is 17.4 Å². The number of hydrogen-bond donors (Lipinski definition) is 3. The van der Waals surface area contributed by atoms with Gasteiger partial charge in [-0.25, -0.2) is 0 Å². The fourth-order valence-electron chi connectivity index (χ4n) is 4.45. The summed E-state index contributed by atoms with van der Waals surface area (Å²) in [7, 11) is 1.64. The first-order valence-electron chi connectivity index (χ1n) is 12.1. The Morgan fingerprint density at radius 1 is 1.11 bits per heavy atom. The maximum Gasteiger partial charge on any atom is 0.291 e. The average Bonchev–Trinajstić information content (AvgIpc) is 3.67. The number of amides is 2. The van der Waals surface area contributed by atoms with Crippen molar-refractivity contribution < 1.29 is 18.7 Å². The van der Waals surface area contributed by atoms with E-state index in [0.717, 1.165) is 45.2 Å². The number of nitrogens with one attached hydrogen (secondary N) is 3. The van der Waals surface area contributed by atoms with E-state index in [9.17, 15) is 9.59 Å². The van der Waals surface area contributed by atoms with E-state index >= 15 is 0 Å². The van der Waals surface area contributed by atoms with Crippen LogP contribution in [-0.4, -0.2) is 35.0 Å². The summed E-state index contributed by atoms with van der Waals surface area (Å²) >= 11 is 0. The molecule has 8 heteroatoms. The number of aromatic amines is 1. The number of para-hydroxylation sites is 1. The number of benzene rings is 2. The molecule has 188 valence electrons. The third-order valence-corrected chi connectivity index (χ3v) is 6.35. The molecule has 0 atom stereocenters. The van der Waals surface area contributed by atoms with Gasteiger partial charge in [0.15, 0.2) is 5.76 Å². The summed E-state index contributed by atoms with van der Waals surface area (Å²) in [5, 5.41) is 7.72. The first-order valence-corrected chi connectivity index (χ1v) is 12.1. The minimum absolute atomic E-state index is 0.127. The lowest BCUT2D eigenvalue weighted by molar-refractivity contribution is -0.117. The maximum absolute atomic E-state index is 13.3. The van der Waals surface area contributed by atoms with E-state index in [1.54, 1.807) is 25.3 Å². The van der Waals surface area contributed by atoms with Crippen LogP contribution in [0.1, 0.15) is 28.6 Å². The second-order valence-corrected chi connectivity index (χ2v) is 8.61. The highest BCUT2D eigenvalue weighted by Gasteiger charge is 2.18. The predicted octanol–water partition coefficient (Wildman–Crippen LogP) is 4.87. The fraction of sp³-hybridized carbons (Fsp3) is 0.172. The van der Waals surface area contributed by atoms with Gasteiger partial charge in [0, 0.05) is 52.9 Å². The van der Waals surface area contributed by atoms with Crippen LogP contribution in [0.3, 0.4) is 0 Å². The van der Waals surface area contributed by atoms with Crippen LogP contribution in [0.5, 0.6) is 5.75 Å². The molecule has 5 rings (SSSR count). The Balaban J connectivity index is 1.39. The third kappa shape index (κ3) is 4.99. The highest BCUT2D eigenvalue weighted by Crippen LogP contribution is 2.25. The number of hydrogen-bond acceptors (Lipinski definition) is 4. The second-order valence-electron chi connectivity index (χ2n) is 8.61. The number of rotatable bonds is 9. The molecule has 3 N–H and O–H groups in total. The fourth-order valence-corrected chi connectivity index (χ4v) is 4.45. The zero-order valence-electron chi connectivity index (χ0n) is 20.7. The predicted molar refractivity (Wildman–Crippen MR) is 143 cm³/mol.